The number of nitrogens with zero attached hydrogens (tertiary/aromatic N) is 7. The summed E-state index contributed by atoms with van der Waals surface area (Å²) in [6, 6.07) is 9.48. The second-order valence-corrected chi connectivity index (χ2v) is 16.4. The van der Waals surface area contributed by atoms with Crippen LogP contribution >= 0.6 is 46.4 Å². The summed E-state index contributed by atoms with van der Waals surface area (Å²) in [6.07, 6.45) is 2.95. The van der Waals surface area contributed by atoms with Crippen molar-refractivity contribution >= 4 is 69.9 Å². The molecule has 6 aromatic rings. The molecule has 0 atom stereocenters. The van der Waals surface area contributed by atoms with Gasteiger partial charge in [0, 0.05) is 11.1 Å². The van der Waals surface area contributed by atoms with E-state index in [9.17, 15) is 29.4 Å². The number of aromatic hydroxyl groups is 2. The number of hydrogen-bond acceptors (Lipinski definition) is 12. The number of halogens is 4. The highest BCUT2D eigenvalue weighted by Gasteiger charge is 2.31. The molecular weight excluding hydrogens is 838 g/mol. The number of nitrogens with one attached hydrogen (secondary N) is 1. The van der Waals surface area contributed by atoms with Gasteiger partial charge in [-0.2, -0.15) is 0 Å². The molecule has 3 N–H and O–H groups in total. The predicted molar refractivity (Wildman–Crippen MR) is 213 cm³/mol. The Balaban J connectivity index is 1.28. The number of esters is 2. The smallest absolute Gasteiger partial charge is 0.328 e. The molecule has 0 unspecified atom stereocenters. The summed E-state index contributed by atoms with van der Waals surface area (Å²) in [5.74, 6) is -3.52. The monoisotopic (exact) mass is 870 g/mol. The second kappa shape index (κ2) is 15.9. The minimum atomic E-state index is -0.798. The Kier molecular flexibility index (Phi) is 11.5. The van der Waals surface area contributed by atoms with E-state index in [0.717, 1.165) is 4.57 Å². The van der Waals surface area contributed by atoms with E-state index in [1.165, 1.54) is 64.2 Å². The summed E-state index contributed by atoms with van der Waals surface area (Å²) in [7, 11) is 0. The molecule has 6 rings (SSSR count). The van der Waals surface area contributed by atoms with Gasteiger partial charge in [-0.05, 0) is 71.9 Å². The normalized spacial score (nSPS) is 11.8. The molecule has 58 heavy (non-hydrogen) atoms. The molecule has 302 valence electrons. The maximum absolute atomic E-state index is 14.1. The number of ketones is 2. The molecule has 0 amide bonds. The van der Waals surface area contributed by atoms with Crippen molar-refractivity contribution in [1.82, 2.24) is 39.5 Å². The van der Waals surface area contributed by atoms with Gasteiger partial charge in [-0.25, -0.2) is 9.36 Å². The molecule has 0 aliphatic heterocycles. The number of H-pyrrole nitrogens is 1. The summed E-state index contributed by atoms with van der Waals surface area (Å²) in [6.45, 7) is 10.0. The number of rotatable bonds is 11. The molecule has 0 saturated carbocycles. The largest absolute Gasteiger partial charge is 0.507 e. The molecule has 2 aromatic carbocycles. The molecule has 16 nitrogen and oxygen atoms in total. The van der Waals surface area contributed by atoms with Crippen molar-refractivity contribution in [1.29, 1.82) is 0 Å². The lowest BCUT2D eigenvalue weighted by atomic mass is 10.0. The molecule has 4 aromatic heterocycles. The first kappa shape index (κ1) is 41.9. The zero-order valence-electron chi connectivity index (χ0n) is 31.6. The van der Waals surface area contributed by atoms with Crippen LogP contribution in [0.15, 0.2) is 54.9 Å². The van der Waals surface area contributed by atoms with E-state index < -0.39 is 46.2 Å². The molecular formula is C38H34Cl4N8O8. The Hall–Kier alpha value is -5.68. The van der Waals surface area contributed by atoms with E-state index in [4.69, 9.17) is 55.9 Å². The van der Waals surface area contributed by atoms with Gasteiger partial charge in [0.05, 0.1) is 39.9 Å². The van der Waals surface area contributed by atoms with Crippen molar-refractivity contribution in [2.75, 3.05) is 0 Å². The quantitative estimate of drug-likeness (QED) is 0.0855. The van der Waals surface area contributed by atoms with Crippen LogP contribution in [0.4, 0.5) is 0 Å². The number of aromatic nitrogens is 8. The lowest BCUT2D eigenvalue weighted by Gasteiger charge is -2.19. The zero-order valence-corrected chi connectivity index (χ0v) is 34.6. The van der Waals surface area contributed by atoms with E-state index in [1.807, 2.05) is 0 Å². The summed E-state index contributed by atoms with van der Waals surface area (Å²) in [5.41, 5.74) is -1.05. The topological polar surface area (TPSA) is 209 Å². The van der Waals surface area contributed by atoms with Crippen LogP contribution in [0, 0.1) is 0 Å². The number of aromatic amines is 1. The third-order valence-corrected chi connectivity index (χ3v) is 9.53. The SMILES string of the molecule is CC(C)(C)OC(=O)Cn1cc(-c2ccc(C(=O)c3[nH]c(Cl)c(Cl)c3-n3c(C(=O)c4ccc(-c5cn(CC(=O)OC(C)(C)C)nn5)cc4O)cc(Cl)c3Cl)c(O)c2)nn1. The van der Waals surface area contributed by atoms with E-state index in [0.29, 0.717) is 22.5 Å². The molecule has 0 spiro atoms. The van der Waals surface area contributed by atoms with Crippen LogP contribution in [-0.4, -0.2) is 84.5 Å². The highest BCUT2D eigenvalue weighted by Crippen LogP contribution is 2.41. The van der Waals surface area contributed by atoms with Gasteiger partial charge in [-0.15, -0.1) is 10.2 Å². The molecule has 0 radical (unpaired) electrons. The van der Waals surface area contributed by atoms with Crippen molar-refractivity contribution in [3.05, 3.63) is 97.7 Å². The van der Waals surface area contributed by atoms with Gasteiger partial charge in [0.25, 0.3) is 0 Å². The van der Waals surface area contributed by atoms with Crippen LogP contribution in [0.5, 0.6) is 11.5 Å². The highest BCUT2D eigenvalue weighted by molar-refractivity contribution is 6.45. The molecule has 20 heteroatoms. The first-order valence-corrected chi connectivity index (χ1v) is 18.8. The highest BCUT2D eigenvalue weighted by atomic mass is 35.5. The summed E-state index contributed by atoms with van der Waals surface area (Å²) in [4.78, 5) is 55.4. The lowest BCUT2D eigenvalue weighted by molar-refractivity contribution is -0.157. The fourth-order valence-electron chi connectivity index (χ4n) is 5.72. The van der Waals surface area contributed by atoms with Crippen molar-refractivity contribution in [3.8, 4) is 39.7 Å². The van der Waals surface area contributed by atoms with Crippen molar-refractivity contribution in [3.63, 3.8) is 0 Å². The minimum absolute atomic E-state index is 0.0959. The van der Waals surface area contributed by atoms with Crippen LogP contribution in [0.2, 0.25) is 20.4 Å². The van der Waals surface area contributed by atoms with Gasteiger partial charge in [0.15, 0.2) is 0 Å². The van der Waals surface area contributed by atoms with E-state index in [1.54, 1.807) is 41.5 Å². The van der Waals surface area contributed by atoms with Gasteiger partial charge < -0.3 is 24.7 Å². The van der Waals surface area contributed by atoms with Crippen LogP contribution in [0.1, 0.15) is 73.6 Å². The lowest BCUT2D eigenvalue weighted by Crippen LogP contribution is -2.26. The average molecular weight is 873 g/mol. The Labute approximate surface area is 350 Å². The van der Waals surface area contributed by atoms with E-state index in [2.05, 4.69) is 25.6 Å². The predicted octanol–water partition coefficient (Wildman–Crippen LogP) is 7.49. The van der Waals surface area contributed by atoms with Crippen LogP contribution in [0.3, 0.4) is 0 Å². The third-order valence-electron chi connectivity index (χ3n) is 8.03. The van der Waals surface area contributed by atoms with Crippen molar-refractivity contribution < 1.29 is 38.9 Å². The Morgan fingerprint density at radius 3 is 1.62 bits per heavy atom. The van der Waals surface area contributed by atoms with Crippen LogP contribution in [0.25, 0.3) is 28.2 Å². The van der Waals surface area contributed by atoms with Crippen molar-refractivity contribution in [2.45, 2.75) is 65.8 Å². The molecule has 0 fully saturated rings. The number of ether oxygens (including phenoxy) is 2. The van der Waals surface area contributed by atoms with Gasteiger partial charge in [0.2, 0.25) is 11.6 Å². The maximum atomic E-state index is 14.1. The summed E-state index contributed by atoms with van der Waals surface area (Å²) < 4.78 is 14.3. The fourth-order valence-corrected chi connectivity index (χ4v) is 6.55. The molecule has 0 bridgehead atoms. The first-order valence-electron chi connectivity index (χ1n) is 17.2. The number of carbonyl (C=O) groups is 4. The molecule has 4 heterocycles. The van der Waals surface area contributed by atoms with E-state index in [-0.39, 0.29) is 61.6 Å². The number of carbonyl (C=O) groups excluding carboxylic acids is 4. The first-order chi connectivity index (χ1) is 27.1. The van der Waals surface area contributed by atoms with Crippen LogP contribution in [-0.2, 0) is 32.2 Å². The number of hydrogen-bond donors (Lipinski definition) is 3. The fraction of sp³-hybridized carbons (Fsp3) is 0.263. The van der Waals surface area contributed by atoms with Crippen LogP contribution < -0.4 is 0 Å². The maximum Gasteiger partial charge on any atom is 0.328 e. The molecule has 0 aliphatic carbocycles. The van der Waals surface area contributed by atoms with Crippen molar-refractivity contribution in [2.24, 2.45) is 0 Å². The number of phenolic OH excluding ortho intramolecular Hbond substituents is 2. The number of phenols is 2. The van der Waals surface area contributed by atoms with Gasteiger partial charge in [0.1, 0.15) is 68.2 Å². The third kappa shape index (κ3) is 9.05. The zero-order chi connectivity index (χ0) is 42.4. The Bertz CT molecular complexity index is 2430. The second-order valence-electron chi connectivity index (χ2n) is 14.9. The standard InChI is InChI=1S/C38H34Cl4N8O8/c1-37(2,3)57-28(53)16-48-14-23(44-46-48)18-7-9-20(26(51)11-18)33(55)25-13-22(39)36(42)50(25)32-30(40)35(41)43-31(32)34(56)21-10-8-19(12-27(21)52)24-15-49(47-45-24)17-29(54)58-38(4,5)6/h7-15,43,51-52H,16-17H2,1-6H3. The van der Waals surface area contributed by atoms with E-state index >= 15 is 0 Å². The Morgan fingerprint density at radius 2 is 1.17 bits per heavy atom. The Morgan fingerprint density at radius 1 is 0.707 bits per heavy atom. The molecule has 0 saturated heterocycles. The number of benzene rings is 2. The summed E-state index contributed by atoms with van der Waals surface area (Å²) >= 11 is 26.1. The van der Waals surface area contributed by atoms with Gasteiger partial charge >= 0.3 is 11.9 Å². The molecule has 0 aliphatic rings. The minimum Gasteiger partial charge on any atom is -0.507 e. The van der Waals surface area contributed by atoms with Gasteiger partial charge in [-0.1, -0.05) is 69.0 Å². The summed E-state index contributed by atoms with van der Waals surface area (Å²) in [5, 5.41) is 37.4. The average Bonchev–Trinajstić information content (AvgIpc) is 3.90. The van der Waals surface area contributed by atoms with Gasteiger partial charge in [-0.3, -0.25) is 23.7 Å².